The van der Waals surface area contributed by atoms with Gasteiger partial charge in [-0.1, -0.05) is 24.3 Å². The molecule has 0 aliphatic rings. The molecule has 2 rings (SSSR count). The maximum atomic E-state index is 9.61. The highest BCUT2D eigenvalue weighted by atomic mass is 32.2. The molecule has 14 heavy (non-hydrogen) atoms. The second kappa shape index (κ2) is 3.90. The molecule has 0 aromatic heterocycles. The van der Waals surface area contributed by atoms with Crippen LogP contribution in [-0.4, -0.2) is 12.2 Å². The number of aromatic hydroxyl groups is 1. The van der Waals surface area contributed by atoms with Crippen molar-refractivity contribution in [2.45, 2.75) is 4.90 Å². The van der Waals surface area contributed by atoms with Crippen molar-refractivity contribution < 1.29 is 9.29 Å². The van der Waals surface area contributed by atoms with Crippen molar-refractivity contribution >= 4 is 22.8 Å². The first kappa shape index (κ1) is 9.37. The lowest BCUT2D eigenvalue weighted by molar-refractivity contribution is 0.481. The summed E-state index contributed by atoms with van der Waals surface area (Å²) in [6, 6.07) is 11.3. The first-order chi connectivity index (χ1) is 6.83. The Labute approximate surface area is 86.7 Å². The van der Waals surface area contributed by atoms with Crippen molar-refractivity contribution in [3.8, 4) is 5.75 Å². The zero-order valence-corrected chi connectivity index (χ0v) is 8.54. The van der Waals surface area contributed by atoms with E-state index in [0.717, 1.165) is 15.7 Å². The summed E-state index contributed by atoms with van der Waals surface area (Å²) in [5, 5.41) is 11.5. The average Bonchev–Trinajstić information content (AvgIpc) is 2.20. The summed E-state index contributed by atoms with van der Waals surface area (Å²) in [5.74, 6) is 0.307. The Kier molecular flexibility index (Phi) is 2.61. The van der Waals surface area contributed by atoms with E-state index >= 15 is 0 Å². The molecule has 3 heteroatoms. The molecule has 0 fully saturated rings. The molecule has 0 heterocycles. The van der Waals surface area contributed by atoms with Gasteiger partial charge in [-0.05, 0) is 12.1 Å². The van der Waals surface area contributed by atoms with Gasteiger partial charge in [-0.2, -0.15) is 0 Å². The molecule has 0 aliphatic heterocycles. The van der Waals surface area contributed by atoms with Gasteiger partial charge >= 0.3 is 0 Å². The molecule has 0 unspecified atom stereocenters. The molecule has 72 valence electrons. The summed E-state index contributed by atoms with van der Waals surface area (Å²) in [4.78, 5) is 1.01. The zero-order chi connectivity index (χ0) is 9.97. The van der Waals surface area contributed by atoms with E-state index in [1.165, 1.54) is 12.0 Å². The fourth-order valence-electron chi connectivity index (χ4n) is 1.43. The lowest BCUT2D eigenvalue weighted by Crippen LogP contribution is -1.78. The SMILES string of the molecule is COSc1cccc2c(O)cccc12. The zero-order valence-electron chi connectivity index (χ0n) is 7.73. The minimum Gasteiger partial charge on any atom is -0.507 e. The first-order valence-electron chi connectivity index (χ1n) is 4.24. The number of fused-ring (bicyclic) bond motifs is 1. The summed E-state index contributed by atoms with van der Waals surface area (Å²) in [6.07, 6.45) is 0. The van der Waals surface area contributed by atoms with Gasteiger partial charge < -0.3 is 9.29 Å². The molecular formula is C11H10O2S. The predicted octanol–water partition coefficient (Wildman–Crippen LogP) is 3.20. The number of phenolic OH excluding ortho intramolecular Hbond substituents is 1. The van der Waals surface area contributed by atoms with Crippen LogP contribution in [0.15, 0.2) is 41.3 Å². The molecule has 0 radical (unpaired) electrons. The molecule has 0 saturated carbocycles. The van der Waals surface area contributed by atoms with Gasteiger partial charge in [0.15, 0.2) is 0 Å². The maximum absolute atomic E-state index is 9.61. The number of hydrogen-bond donors (Lipinski definition) is 1. The molecule has 0 aliphatic carbocycles. The fraction of sp³-hybridized carbons (Fsp3) is 0.0909. The Hall–Kier alpha value is -1.19. The third kappa shape index (κ3) is 1.56. The van der Waals surface area contributed by atoms with Crippen LogP contribution in [0.2, 0.25) is 0 Å². The Balaban J connectivity index is 2.68. The Morgan fingerprint density at radius 2 is 1.79 bits per heavy atom. The van der Waals surface area contributed by atoms with E-state index in [-0.39, 0.29) is 0 Å². The van der Waals surface area contributed by atoms with Crippen LogP contribution in [0.3, 0.4) is 0 Å². The molecule has 0 saturated heterocycles. The van der Waals surface area contributed by atoms with Crippen molar-refractivity contribution in [2.24, 2.45) is 0 Å². The van der Waals surface area contributed by atoms with Crippen molar-refractivity contribution in [1.82, 2.24) is 0 Å². The van der Waals surface area contributed by atoms with Crippen LogP contribution in [-0.2, 0) is 4.18 Å². The summed E-state index contributed by atoms with van der Waals surface area (Å²) < 4.78 is 5.01. The van der Waals surface area contributed by atoms with Crippen LogP contribution in [0.5, 0.6) is 5.75 Å². The van der Waals surface area contributed by atoms with E-state index < -0.39 is 0 Å². The smallest absolute Gasteiger partial charge is 0.123 e. The van der Waals surface area contributed by atoms with E-state index in [9.17, 15) is 5.11 Å². The highest BCUT2D eigenvalue weighted by molar-refractivity contribution is 7.94. The minimum absolute atomic E-state index is 0.307. The molecule has 0 amide bonds. The van der Waals surface area contributed by atoms with Crippen LogP contribution in [0.25, 0.3) is 10.8 Å². The van der Waals surface area contributed by atoms with Crippen molar-refractivity contribution in [1.29, 1.82) is 0 Å². The molecule has 0 spiro atoms. The highest BCUT2D eigenvalue weighted by Crippen LogP contribution is 2.32. The normalized spacial score (nSPS) is 10.6. The van der Waals surface area contributed by atoms with Gasteiger partial charge in [-0.25, -0.2) is 0 Å². The van der Waals surface area contributed by atoms with Gasteiger partial charge in [0, 0.05) is 27.7 Å². The quantitative estimate of drug-likeness (QED) is 0.765. The largest absolute Gasteiger partial charge is 0.507 e. The summed E-state index contributed by atoms with van der Waals surface area (Å²) in [7, 11) is 1.63. The van der Waals surface area contributed by atoms with Gasteiger partial charge in [-0.3, -0.25) is 0 Å². The van der Waals surface area contributed by atoms with Crippen molar-refractivity contribution in [3.05, 3.63) is 36.4 Å². The standard InChI is InChI=1S/C11H10O2S/c1-13-14-11-7-3-4-8-9(11)5-2-6-10(8)12/h2-7,12H,1H3. The molecule has 2 aromatic carbocycles. The number of rotatable bonds is 2. The molecular weight excluding hydrogens is 196 g/mol. The summed E-state index contributed by atoms with van der Waals surface area (Å²) in [6.45, 7) is 0. The van der Waals surface area contributed by atoms with Gasteiger partial charge in [0.05, 0.1) is 7.11 Å². The molecule has 2 aromatic rings. The second-order valence-corrected chi connectivity index (χ2v) is 3.82. The van der Waals surface area contributed by atoms with Crippen LogP contribution < -0.4 is 0 Å². The van der Waals surface area contributed by atoms with E-state index in [2.05, 4.69) is 0 Å². The number of hydrogen-bond acceptors (Lipinski definition) is 3. The molecule has 2 nitrogen and oxygen atoms in total. The third-order valence-corrected chi connectivity index (χ3v) is 2.73. The lowest BCUT2D eigenvalue weighted by Gasteiger charge is -2.05. The fourth-order valence-corrected chi connectivity index (χ4v) is 2.01. The van der Waals surface area contributed by atoms with Gasteiger partial charge in [-0.15, -0.1) is 0 Å². The number of phenols is 1. The molecule has 0 atom stereocenters. The van der Waals surface area contributed by atoms with Crippen molar-refractivity contribution in [3.63, 3.8) is 0 Å². The Morgan fingerprint density at radius 1 is 1.07 bits per heavy atom. The minimum atomic E-state index is 0.307. The average molecular weight is 206 g/mol. The van der Waals surface area contributed by atoms with Gasteiger partial charge in [0.25, 0.3) is 0 Å². The number of benzene rings is 2. The Bertz CT molecular complexity index is 454. The topological polar surface area (TPSA) is 29.5 Å². The molecule has 0 bridgehead atoms. The van der Waals surface area contributed by atoms with Crippen LogP contribution in [0.1, 0.15) is 0 Å². The lowest BCUT2D eigenvalue weighted by atomic mass is 10.1. The van der Waals surface area contributed by atoms with E-state index in [4.69, 9.17) is 4.18 Å². The van der Waals surface area contributed by atoms with Crippen LogP contribution in [0, 0.1) is 0 Å². The van der Waals surface area contributed by atoms with Gasteiger partial charge in [0.2, 0.25) is 0 Å². The van der Waals surface area contributed by atoms with Gasteiger partial charge in [0.1, 0.15) is 5.75 Å². The summed E-state index contributed by atoms with van der Waals surface area (Å²) in [5.41, 5.74) is 0. The van der Waals surface area contributed by atoms with Crippen LogP contribution in [0.4, 0.5) is 0 Å². The first-order valence-corrected chi connectivity index (χ1v) is 4.98. The highest BCUT2D eigenvalue weighted by Gasteiger charge is 2.03. The predicted molar refractivity (Wildman–Crippen MR) is 58.5 cm³/mol. The monoisotopic (exact) mass is 206 g/mol. The molecule has 1 N–H and O–H groups in total. The van der Waals surface area contributed by atoms with Crippen LogP contribution >= 0.6 is 12.0 Å². The van der Waals surface area contributed by atoms with E-state index in [1.54, 1.807) is 13.2 Å². The summed E-state index contributed by atoms with van der Waals surface area (Å²) >= 11 is 1.30. The van der Waals surface area contributed by atoms with E-state index in [0.29, 0.717) is 5.75 Å². The third-order valence-electron chi connectivity index (χ3n) is 2.03. The second-order valence-electron chi connectivity index (χ2n) is 2.88. The maximum Gasteiger partial charge on any atom is 0.123 e. The van der Waals surface area contributed by atoms with E-state index in [1.807, 2.05) is 30.3 Å². The van der Waals surface area contributed by atoms with Crippen molar-refractivity contribution in [2.75, 3.05) is 7.11 Å². The Morgan fingerprint density at radius 3 is 2.57 bits per heavy atom.